The standard InChI is InChI=1S/8C8H18N.4BFO2/c8*1-3-6-9(2)7-4-5-8-9;4*2-1(3)4/h8*3-8H2,1-2H3;;;;/q8*+1;4*-2. The van der Waals surface area contributed by atoms with Gasteiger partial charge in [0.15, 0.2) is 0 Å². The molecule has 8 aliphatic rings. The quantitative estimate of drug-likeness (QED) is 0.127. The van der Waals surface area contributed by atoms with Gasteiger partial charge < -0.3 is 93.3 Å². The van der Waals surface area contributed by atoms with Crippen molar-refractivity contribution in [3.05, 3.63) is 0 Å². The van der Waals surface area contributed by atoms with Crippen LogP contribution in [0.4, 0.5) is 17.3 Å². The molecule has 88 heavy (non-hydrogen) atoms. The van der Waals surface area contributed by atoms with Crippen LogP contribution in [-0.2, 0) is 0 Å². The van der Waals surface area contributed by atoms with Gasteiger partial charge in [-0.05, 0) is 51.4 Å². The summed E-state index contributed by atoms with van der Waals surface area (Å²) in [4.78, 5) is 0. The van der Waals surface area contributed by atoms with Crippen molar-refractivity contribution in [2.75, 3.05) is 213 Å². The van der Waals surface area contributed by atoms with Gasteiger partial charge in [0.25, 0.3) is 0 Å². The lowest BCUT2D eigenvalue weighted by Gasteiger charge is -2.28. The average molecular weight is 1270 g/mol. The first-order chi connectivity index (χ1) is 41.1. The molecule has 528 valence electrons. The summed E-state index contributed by atoms with van der Waals surface area (Å²) < 4.78 is 50.3. The second kappa shape index (κ2) is 54.6. The molecule has 0 unspecified atom stereocenters. The number of halogens is 4. The Hall–Kier alpha value is -0.660. The third kappa shape index (κ3) is 56.8. The Labute approximate surface area is 543 Å². The molecule has 8 heterocycles. The summed E-state index contributed by atoms with van der Waals surface area (Å²) in [5, 5.41) is 66.4. The van der Waals surface area contributed by atoms with E-state index in [1.165, 1.54) is 347 Å². The molecule has 0 radical (unpaired) electrons. The molecule has 0 aliphatic carbocycles. The summed E-state index contributed by atoms with van der Waals surface area (Å²) in [6, 6.07) is 0. The maximum atomic E-state index is 9.89. The smallest absolute Gasteiger partial charge is 0.121 e. The highest BCUT2D eigenvalue weighted by atomic mass is 19.1. The van der Waals surface area contributed by atoms with Gasteiger partial charge in [0.05, 0.1) is 213 Å². The maximum Gasteiger partial charge on any atom is 0.121 e. The third-order valence-electron chi connectivity index (χ3n) is 19.3. The second-order valence-corrected chi connectivity index (χ2v) is 29.1. The zero-order valence-electron chi connectivity index (χ0n) is 60.6. The van der Waals surface area contributed by atoms with Gasteiger partial charge >= 0.3 is 0 Å². The van der Waals surface area contributed by atoms with Gasteiger partial charge in [-0.2, -0.15) is 0 Å². The molecule has 0 N–H and O–H groups in total. The molecule has 16 nitrogen and oxygen atoms in total. The van der Waals surface area contributed by atoms with Crippen molar-refractivity contribution in [3.63, 3.8) is 0 Å². The Morgan fingerprint density at radius 2 is 0.250 bits per heavy atom. The summed E-state index contributed by atoms with van der Waals surface area (Å²) in [7, 11) is 6.42. The molecule has 8 rings (SSSR count). The molecular weight excluding hydrogens is 1130 g/mol. The Balaban J connectivity index is -0.000000443. The van der Waals surface area contributed by atoms with E-state index in [0.717, 1.165) is 0 Å². The highest BCUT2D eigenvalue weighted by Crippen LogP contribution is 2.21. The predicted octanol–water partition coefficient (Wildman–Crippen LogP) is 3.74. The summed E-state index contributed by atoms with van der Waals surface area (Å²) in [5.74, 6) is 0. The van der Waals surface area contributed by atoms with Crippen molar-refractivity contribution >= 4 is 29.6 Å². The third-order valence-corrected chi connectivity index (χ3v) is 19.3. The van der Waals surface area contributed by atoms with Gasteiger partial charge in [0.1, 0.15) is 29.6 Å². The van der Waals surface area contributed by atoms with Crippen LogP contribution < -0.4 is 40.2 Å². The van der Waals surface area contributed by atoms with Crippen molar-refractivity contribution in [1.29, 1.82) is 0 Å². The van der Waals surface area contributed by atoms with Crippen molar-refractivity contribution in [3.8, 4) is 0 Å². The first-order valence-electron chi connectivity index (χ1n) is 35.6. The Kier molecular flexibility index (Phi) is 58.1. The van der Waals surface area contributed by atoms with Gasteiger partial charge in [-0.15, -0.1) is 0 Å². The number of likely N-dealkylation sites (tertiary alicyclic amines) is 8. The van der Waals surface area contributed by atoms with E-state index < -0.39 is 29.6 Å². The molecule has 0 saturated carbocycles. The molecule has 8 saturated heterocycles. The fraction of sp³-hybridized carbons (Fsp3) is 1.00. The summed E-state index contributed by atoms with van der Waals surface area (Å²) in [6.45, 7) is 52.1. The largest absolute Gasteiger partial charge is 0.867 e. The molecule has 8 fully saturated rings. The molecule has 0 atom stereocenters. The molecule has 0 amide bonds. The minimum atomic E-state index is -3.17. The van der Waals surface area contributed by atoms with Crippen molar-refractivity contribution in [1.82, 2.24) is 0 Å². The van der Waals surface area contributed by atoms with E-state index in [2.05, 4.69) is 112 Å². The monoisotopic (exact) mass is 1270 g/mol. The van der Waals surface area contributed by atoms with E-state index in [4.69, 9.17) is 40.2 Å². The summed E-state index contributed by atoms with van der Waals surface area (Å²) in [6.07, 6.45) is 34.0. The van der Waals surface area contributed by atoms with E-state index in [1.54, 1.807) is 0 Å². The van der Waals surface area contributed by atoms with Crippen LogP contribution in [-0.4, -0.2) is 279 Å². The van der Waals surface area contributed by atoms with Crippen molar-refractivity contribution < 1.29 is 93.3 Å². The van der Waals surface area contributed by atoms with Crippen molar-refractivity contribution in [2.24, 2.45) is 0 Å². The van der Waals surface area contributed by atoms with Crippen LogP contribution in [0.25, 0.3) is 0 Å². The highest BCUT2D eigenvalue weighted by Gasteiger charge is 2.30. The van der Waals surface area contributed by atoms with Crippen molar-refractivity contribution in [2.45, 2.75) is 209 Å². The van der Waals surface area contributed by atoms with Gasteiger partial charge in [-0.1, -0.05) is 55.4 Å². The Morgan fingerprint density at radius 1 is 0.193 bits per heavy atom. The maximum absolute atomic E-state index is 9.89. The Bertz CT molecular complexity index is 1180. The Morgan fingerprint density at radius 3 is 0.295 bits per heavy atom. The SMILES string of the molecule is CCC[N+]1(C)CCCC1.CCC[N+]1(C)CCCC1.CCC[N+]1(C)CCCC1.CCC[N+]1(C)CCCC1.CCC[N+]1(C)CCCC1.CCC[N+]1(C)CCCC1.CCC[N+]1(C)CCCC1.CCC[N+]1(C)CCCC1.[O-]B([O-])F.[O-]B([O-])F.[O-]B([O-])F.[O-]B([O-])F. The van der Waals surface area contributed by atoms with E-state index >= 15 is 0 Å². The second-order valence-electron chi connectivity index (χ2n) is 29.1. The van der Waals surface area contributed by atoms with Crippen LogP contribution in [0.1, 0.15) is 209 Å². The number of rotatable bonds is 16. The number of quaternary nitrogens is 8. The van der Waals surface area contributed by atoms with Gasteiger partial charge in [0, 0.05) is 103 Å². The summed E-state index contributed by atoms with van der Waals surface area (Å²) in [5.41, 5.74) is 0. The zero-order valence-corrected chi connectivity index (χ0v) is 60.6. The zero-order chi connectivity index (χ0) is 68.3. The van der Waals surface area contributed by atoms with Gasteiger partial charge in [-0.25, -0.2) is 0 Å². The lowest BCUT2D eigenvalue weighted by molar-refractivity contribution is -0.897. The van der Waals surface area contributed by atoms with Gasteiger partial charge in [0.2, 0.25) is 0 Å². The average Bonchev–Trinajstić information content (AvgIpc) is 4.30. The minimum absolute atomic E-state index is 1.34. The molecule has 0 aromatic heterocycles. The molecule has 0 spiro atoms. The molecular formula is C64H144B4F4N8O8. The number of hydrogen-bond acceptors (Lipinski definition) is 8. The van der Waals surface area contributed by atoms with Crippen LogP contribution >= 0.6 is 0 Å². The van der Waals surface area contributed by atoms with Crippen LogP contribution in [0.2, 0.25) is 0 Å². The predicted molar refractivity (Wildman–Crippen MR) is 350 cm³/mol. The number of nitrogens with zero attached hydrogens (tertiary/aromatic N) is 8. The number of hydrogen-bond donors (Lipinski definition) is 0. The molecule has 24 heteroatoms. The van der Waals surface area contributed by atoms with Crippen LogP contribution in [0.3, 0.4) is 0 Å². The fourth-order valence-electron chi connectivity index (χ4n) is 14.9. The molecule has 0 aromatic rings. The highest BCUT2D eigenvalue weighted by molar-refractivity contribution is 6.27. The summed E-state index contributed by atoms with van der Waals surface area (Å²) >= 11 is 0. The van der Waals surface area contributed by atoms with E-state index in [-0.39, 0.29) is 0 Å². The normalized spacial score (nSPS) is 21.4. The molecule has 0 bridgehead atoms. The molecule has 8 aliphatic heterocycles. The fourth-order valence-corrected chi connectivity index (χ4v) is 14.9. The lowest BCUT2D eigenvalue weighted by atomic mass is 10.3. The van der Waals surface area contributed by atoms with Crippen LogP contribution in [0.15, 0.2) is 0 Å². The van der Waals surface area contributed by atoms with Gasteiger partial charge in [-0.3, -0.25) is 0 Å². The minimum Gasteiger partial charge on any atom is -0.867 e. The first-order valence-corrected chi connectivity index (χ1v) is 35.6. The molecule has 0 aromatic carbocycles. The van der Waals surface area contributed by atoms with E-state index in [1.807, 2.05) is 0 Å². The van der Waals surface area contributed by atoms with E-state index in [0.29, 0.717) is 0 Å². The van der Waals surface area contributed by atoms with Crippen LogP contribution in [0, 0.1) is 0 Å². The topological polar surface area (TPSA) is 184 Å². The lowest BCUT2D eigenvalue weighted by Crippen LogP contribution is -2.41. The first kappa shape index (κ1) is 93.7. The van der Waals surface area contributed by atoms with Crippen LogP contribution in [0.5, 0.6) is 0 Å². The van der Waals surface area contributed by atoms with E-state index in [9.17, 15) is 17.3 Å².